The summed E-state index contributed by atoms with van der Waals surface area (Å²) in [4.78, 5) is 6.23. The van der Waals surface area contributed by atoms with E-state index in [1.165, 1.54) is 11.1 Å². The van der Waals surface area contributed by atoms with Crippen molar-refractivity contribution in [3.05, 3.63) is 59.9 Å². The molecule has 2 rings (SSSR count). The van der Waals surface area contributed by atoms with E-state index < -0.39 is 6.10 Å². The average Bonchev–Trinajstić information content (AvgIpc) is 2.54. The molecule has 0 bridgehead atoms. The van der Waals surface area contributed by atoms with Gasteiger partial charge in [0.2, 0.25) is 0 Å². The molecule has 1 atom stereocenters. The number of rotatable bonds is 7. The van der Waals surface area contributed by atoms with Gasteiger partial charge in [-0.25, -0.2) is 0 Å². The van der Waals surface area contributed by atoms with Crippen LogP contribution in [0.15, 0.2) is 48.8 Å². The molecule has 0 spiro atoms. The standard InChI is InChI=1S/C20H28N2O2/c1-16-5-7-17(8-6-16)13-22(20(2,3)4)14-18(23)15-24-19-9-11-21-12-10-19/h5-12,18,23H,13-15H2,1-4H3. The van der Waals surface area contributed by atoms with Crippen LogP contribution in [0, 0.1) is 6.92 Å². The smallest absolute Gasteiger partial charge is 0.122 e. The molecule has 0 radical (unpaired) electrons. The van der Waals surface area contributed by atoms with Gasteiger partial charge in [0.15, 0.2) is 0 Å². The minimum atomic E-state index is -0.553. The summed E-state index contributed by atoms with van der Waals surface area (Å²) in [6.07, 6.45) is 2.81. The molecule has 1 N–H and O–H groups in total. The molecule has 1 heterocycles. The third-order valence-corrected chi connectivity index (χ3v) is 3.97. The second kappa shape index (κ2) is 8.27. The zero-order chi connectivity index (χ0) is 17.6. The normalized spacial score (nSPS) is 13.1. The Kier molecular flexibility index (Phi) is 6.35. The number of ether oxygens (including phenoxy) is 1. The van der Waals surface area contributed by atoms with Gasteiger partial charge in [-0.3, -0.25) is 9.88 Å². The fourth-order valence-corrected chi connectivity index (χ4v) is 2.42. The summed E-state index contributed by atoms with van der Waals surface area (Å²) >= 11 is 0. The minimum Gasteiger partial charge on any atom is -0.491 e. The molecule has 4 heteroatoms. The number of hydrogen-bond donors (Lipinski definition) is 1. The van der Waals surface area contributed by atoms with Gasteiger partial charge in [-0.1, -0.05) is 29.8 Å². The first kappa shape index (κ1) is 18.4. The van der Waals surface area contributed by atoms with E-state index in [9.17, 15) is 5.11 Å². The van der Waals surface area contributed by atoms with Crippen LogP contribution in [0.2, 0.25) is 0 Å². The maximum Gasteiger partial charge on any atom is 0.122 e. The van der Waals surface area contributed by atoms with E-state index in [0.717, 1.165) is 12.3 Å². The van der Waals surface area contributed by atoms with Gasteiger partial charge in [0.05, 0.1) is 0 Å². The monoisotopic (exact) mass is 328 g/mol. The largest absolute Gasteiger partial charge is 0.491 e. The van der Waals surface area contributed by atoms with E-state index in [1.54, 1.807) is 24.5 Å². The highest BCUT2D eigenvalue weighted by Gasteiger charge is 2.24. The van der Waals surface area contributed by atoms with Crippen molar-refractivity contribution in [1.29, 1.82) is 0 Å². The van der Waals surface area contributed by atoms with Crippen LogP contribution in [-0.4, -0.2) is 39.8 Å². The highest BCUT2D eigenvalue weighted by atomic mass is 16.5. The average molecular weight is 328 g/mol. The zero-order valence-electron chi connectivity index (χ0n) is 15.1. The van der Waals surface area contributed by atoms with Gasteiger partial charge in [-0.05, 0) is 45.4 Å². The first-order valence-electron chi connectivity index (χ1n) is 8.36. The summed E-state index contributed by atoms with van der Waals surface area (Å²) in [6, 6.07) is 12.1. The maximum absolute atomic E-state index is 10.4. The Morgan fingerprint density at radius 2 is 1.71 bits per heavy atom. The van der Waals surface area contributed by atoms with Crippen molar-refractivity contribution in [3.8, 4) is 5.75 Å². The number of hydrogen-bond acceptors (Lipinski definition) is 4. The van der Waals surface area contributed by atoms with Gasteiger partial charge in [-0.15, -0.1) is 0 Å². The van der Waals surface area contributed by atoms with Crippen LogP contribution in [0.25, 0.3) is 0 Å². The predicted octanol–water partition coefficient (Wildman–Crippen LogP) is 3.43. The van der Waals surface area contributed by atoms with Gasteiger partial charge in [-0.2, -0.15) is 0 Å². The molecule has 1 aromatic heterocycles. The third kappa shape index (κ3) is 5.95. The first-order chi connectivity index (χ1) is 11.3. The number of aliphatic hydroxyl groups is 1. The number of benzene rings is 1. The SMILES string of the molecule is Cc1ccc(CN(CC(O)COc2ccncc2)C(C)(C)C)cc1. The molecule has 0 saturated carbocycles. The molecule has 0 aliphatic carbocycles. The highest BCUT2D eigenvalue weighted by molar-refractivity contribution is 5.21. The van der Waals surface area contributed by atoms with E-state index in [0.29, 0.717) is 6.54 Å². The number of β-amino-alcohol motifs (C(OH)–C–C–N with tert-alkyl or cyclic N) is 1. The Morgan fingerprint density at radius 1 is 1.08 bits per heavy atom. The highest BCUT2D eigenvalue weighted by Crippen LogP contribution is 2.18. The van der Waals surface area contributed by atoms with Crippen molar-refractivity contribution >= 4 is 0 Å². The molecular formula is C20H28N2O2. The van der Waals surface area contributed by atoms with Crippen LogP contribution < -0.4 is 4.74 Å². The quantitative estimate of drug-likeness (QED) is 0.846. The van der Waals surface area contributed by atoms with E-state index in [2.05, 4.69) is 61.8 Å². The van der Waals surface area contributed by atoms with Crippen LogP contribution in [0.1, 0.15) is 31.9 Å². The third-order valence-electron chi connectivity index (χ3n) is 3.97. The Labute approximate surface area is 145 Å². The van der Waals surface area contributed by atoms with Gasteiger partial charge in [0.25, 0.3) is 0 Å². The number of aromatic nitrogens is 1. The van der Waals surface area contributed by atoms with Crippen molar-refractivity contribution in [2.45, 2.75) is 45.9 Å². The lowest BCUT2D eigenvalue weighted by Crippen LogP contribution is -2.46. The molecule has 1 unspecified atom stereocenters. The molecule has 130 valence electrons. The molecule has 2 aromatic rings. The molecule has 4 nitrogen and oxygen atoms in total. The molecular weight excluding hydrogens is 300 g/mol. The molecule has 0 fully saturated rings. The van der Waals surface area contributed by atoms with Crippen molar-refractivity contribution in [1.82, 2.24) is 9.88 Å². The Hall–Kier alpha value is -1.91. The minimum absolute atomic E-state index is 0.0392. The summed E-state index contributed by atoms with van der Waals surface area (Å²) < 4.78 is 5.63. The van der Waals surface area contributed by atoms with Crippen molar-refractivity contribution in [3.63, 3.8) is 0 Å². The lowest BCUT2D eigenvalue weighted by molar-refractivity contribution is 0.0284. The summed E-state index contributed by atoms with van der Waals surface area (Å²) in [6.45, 7) is 10.2. The van der Waals surface area contributed by atoms with Crippen molar-refractivity contribution in [2.24, 2.45) is 0 Å². The van der Waals surface area contributed by atoms with E-state index in [4.69, 9.17) is 4.74 Å². The van der Waals surface area contributed by atoms with Crippen molar-refractivity contribution < 1.29 is 9.84 Å². The second-order valence-electron chi connectivity index (χ2n) is 7.18. The predicted molar refractivity (Wildman–Crippen MR) is 97.1 cm³/mol. The van der Waals surface area contributed by atoms with Gasteiger partial charge < -0.3 is 9.84 Å². The van der Waals surface area contributed by atoms with Crippen LogP contribution in [-0.2, 0) is 6.54 Å². The Bertz CT molecular complexity index is 606. The van der Waals surface area contributed by atoms with Crippen molar-refractivity contribution in [2.75, 3.05) is 13.2 Å². The number of aryl methyl sites for hydroxylation is 1. The van der Waals surface area contributed by atoms with E-state index >= 15 is 0 Å². The number of aliphatic hydroxyl groups excluding tert-OH is 1. The van der Waals surface area contributed by atoms with Crippen LogP contribution in [0.3, 0.4) is 0 Å². The molecule has 0 saturated heterocycles. The Balaban J connectivity index is 1.94. The van der Waals surface area contributed by atoms with Gasteiger partial charge in [0.1, 0.15) is 18.5 Å². The second-order valence-corrected chi connectivity index (χ2v) is 7.18. The number of pyridine rings is 1. The molecule has 0 aliphatic rings. The molecule has 24 heavy (non-hydrogen) atoms. The molecule has 1 aromatic carbocycles. The Morgan fingerprint density at radius 3 is 2.29 bits per heavy atom. The maximum atomic E-state index is 10.4. The topological polar surface area (TPSA) is 45.6 Å². The summed E-state index contributed by atoms with van der Waals surface area (Å²) in [5, 5.41) is 10.4. The fraction of sp³-hybridized carbons (Fsp3) is 0.450. The van der Waals surface area contributed by atoms with Crippen LogP contribution in [0.5, 0.6) is 5.75 Å². The van der Waals surface area contributed by atoms with E-state index in [1.807, 2.05) is 0 Å². The summed E-state index contributed by atoms with van der Waals surface area (Å²) in [7, 11) is 0. The number of nitrogens with zero attached hydrogens (tertiary/aromatic N) is 2. The lowest BCUT2D eigenvalue weighted by Gasteiger charge is -2.37. The lowest BCUT2D eigenvalue weighted by atomic mass is 10.0. The summed E-state index contributed by atoms with van der Waals surface area (Å²) in [5.74, 6) is 0.727. The van der Waals surface area contributed by atoms with Gasteiger partial charge in [0, 0.05) is 31.0 Å². The zero-order valence-corrected chi connectivity index (χ0v) is 15.1. The summed E-state index contributed by atoms with van der Waals surface area (Å²) in [5.41, 5.74) is 2.47. The first-order valence-corrected chi connectivity index (χ1v) is 8.36. The molecule has 0 aliphatic heterocycles. The van der Waals surface area contributed by atoms with Crippen LogP contribution in [0.4, 0.5) is 0 Å². The van der Waals surface area contributed by atoms with E-state index in [-0.39, 0.29) is 12.1 Å². The van der Waals surface area contributed by atoms with Gasteiger partial charge >= 0.3 is 0 Å². The molecule has 0 amide bonds. The fourth-order valence-electron chi connectivity index (χ4n) is 2.42. The van der Waals surface area contributed by atoms with Crippen LogP contribution >= 0.6 is 0 Å².